The molecule has 0 bridgehead atoms. The summed E-state index contributed by atoms with van der Waals surface area (Å²) in [5, 5.41) is 0. The van der Waals surface area contributed by atoms with E-state index in [4.69, 9.17) is 5.73 Å². The van der Waals surface area contributed by atoms with Crippen molar-refractivity contribution < 1.29 is 4.79 Å². The fourth-order valence-electron chi connectivity index (χ4n) is 3.21. The standard InChI is InChI=1S/C22H38N2O/c1-2-3-4-5-6-7-8-9-10-11-12-16-19-24(22(23)25)20-21-17-14-13-15-18-21/h13-15,17-18H,2-12,16,19-20H2,1H3,(H2,23,25). The maximum atomic E-state index is 11.6. The van der Waals surface area contributed by atoms with E-state index >= 15 is 0 Å². The van der Waals surface area contributed by atoms with E-state index in [2.05, 4.69) is 6.92 Å². The van der Waals surface area contributed by atoms with Crippen molar-refractivity contribution in [2.45, 2.75) is 90.5 Å². The summed E-state index contributed by atoms with van der Waals surface area (Å²) < 4.78 is 0. The van der Waals surface area contributed by atoms with Crippen molar-refractivity contribution in [3.63, 3.8) is 0 Å². The molecule has 0 saturated heterocycles. The van der Waals surface area contributed by atoms with E-state index in [-0.39, 0.29) is 6.03 Å². The molecule has 3 heteroatoms. The Bertz CT molecular complexity index is 433. The van der Waals surface area contributed by atoms with Crippen LogP contribution in [0.5, 0.6) is 0 Å². The Labute approximate surface area is 155 Å². The third-order valence-corrected chi connectivity index (χ3v) is 4.81. The minimum atomic E-state index is -0.313. The van der Waals surface area contributed by atoms with E-state index in [0.29, 0.717) is 6.54 Å². The van der Waals surface area contributed by atoms with Crippen molar-refractivity contribution in [1.29, 1.82) is 0 Å². The summed E-state index contributed by atoms with van der Waals surface area (Å²) in [5.74, 6) is 0. The van der Waals surface area contributed by atoms with Crippen molar-refractivity contribution >= 4 is 6.03 Å². The second kappa shape index (κ2) is 14.8. The van der Waals surface area contributed by atoms with Crippen LogP contribution in [-0.2, 0) is 6.54 Å². The highest BCUT2D eigenvalue weighted by atomic mass is 16.2. The first-order valence-corrected chi connectivity index (χ1v) is 10.3. The van der Waals surface area contributed by atoms with Gasteiger partial charge in [0.25, 0.3) is 0 Å². The summed E-state index contributed by atoms with van der Waals surface area (Å²) >= 11 is 0. The van der Waals surface area contributed by atoms with Gasteiger partial charge in [-0.15, -0.1) is 0 Å². The highest BCUT2D eigenvalue weighted by Crippen LogP contribution is 2.12. The maximum Gasteiger partial charge on any atom is 0.315 e. The van der Waals surface area contributed by atoms with Gasteiger partial charge in [0.15, 0.2) is 0 Å². The monoisotopic (exact) mass is 346 g/mol. The number of nitrogens with two attached hydrogens (primary N) is 1. The van der Waals surface area contributed by atoms with Gasteiger partial charge in [0, 0.05) is 13.1 Å². The molecule has 0 aliphatic heterocycles. The number of hydrogen-bond donors (Lipinski definition) is 1. The van der Waals surface area contributed by atoms with Gasteiger partial charge in [0.1, 0.15) is 0 Å². The van der Waals surface area contributed by atoms with Gasteiger partial charge in [-0.3, -0.25) is 0 Å². The number of benzene rings is 1. The molecule has 0 aliphatic rings. The van der Waals surface area contributed by atoms with Crippen LogP contribution in [0.1, 0.15) is 89.5 Å². The largest absolute Gasteiger partial charge is 0.351 e. The second-order valence-electron chi connectivity index (χ2n) is 7.13. The zero-order valence-electron chi connectivity index (χ0n) is 16.2. The van der Waals surface area contributed by atoms with Crippen LogP contribution in [0.3, 0.4) is 0 Å². The molecular weight excluding hydrogens is 308 g/mol. The molecule has 3 nitrogen and oxygen atoms in total. The number of amides is 2. The van der Waals surface area contributed by atoms with Gasteiger partial charge in [-0.25, -0.2) is 4.79 Å². The molecule has 2 N–H and O–H groups in total. The Morgan fingerprint density at radius 3 is 1.76 bits per heavy atom. The molecule has 0 fully saturated rings. The highest BCUT2D eigenvalue weighted by Gasteiger charge is 2.09. The molecule has 1 rings (SSSR count). The van der Waals surface area contributed by atoms with E-state index in [0.717, 1.165) is 18.5 Å². The number of nitrogens with zero attached hydrogens (tertiary/aromatic N) is 1. The summed E-state index contributed by atoms with van der Waals surface area (Å²) in [5.41, 5.74) is 6.65. The number of unbranched alkanes of at least 4 members (excludes halogenated alkanes) is 11. The lowest BCUT2D eigenvalue weighted by molar-refractivity contribution is 0.203. The molecule has 1 aromatic rings. The van der Waals surface area contributed by atoms with E-state index in [1.165, 1.54) is 70.6 Å². The molecule has 0 saturated carbocycles. The lowest BCUT2D eigenvalue weighted by Crippen LogP contribution is -2.35. The first-order chi connectivity index (χ1) is 12.2. The SMILES string of the molecule is CCCCCCCCCCCCCCN(Cc1ccccc1)C(N)=O. The van der Waals surface area contributed by atoms with Crippen molar-refractivity contribution in [2.75, 3.05) is 6.54 Å². The molecule has 0 heterocycles. The zero-order valence-corrected chi connectivity index (χ0v) is 16.2. The molecule has 0 aliphatic carbocycles. The summed E-state index contributed by atoms with van der Waals surface area (Å²) in [6, 6.07) is 9.75. The molecule has 0 spiro atoms. The predicted octanol–water partition coefficient (Wildman–Crippen LogP) is 6.27. The normalized spacial score (nSPS) is 10.8. The quantitative estimate of drug-likeness (QED) is 0.374. The molecule has 0 unspecified atom stereocenters. The Hall–Kier alpha value is -1.51. The zero-order chi connectivity index (χ0) is 18.2. The number of carbonyl (C=O) groups is 1. The van der Waals surface area contributed by atoms with E-state index in [1.54, 1.807) is 4.90 Å². The summed E-state index contributed by atoms with van der Waals surface area (Å²) in [6.45, 7) is 3.65. The van der Waals surface area contributed by atoms with Crippen LogP contribution in [0.25, 0.3) is 0 Å². The first kappa shape index (κ1) is 21.5. The van der Waals surface area contributed by atoms with Crippen LogP contribution in [0.4, 0.5) is 4.79 Å². The molecule has 2 amide bonds. The molecule has 0 radical (unpaired) electrons. The van der Waals surface area contributed by atoms with Gasteiger partial charge in [0.05, 0.1) is 0 Å². The van der Waals surface area contributed by atoms with E-state index < -0.39 is 0 Å². The summed E-state index contributed by atoms with van der Waals surface area (Å²) in [6.07, 6.45) is 15.9. The lowest BCUT2D eigenvalue weighted by Gasteiger charge is -2.20. The van der Waals surface area contributed by atoms with Crippen LogP contribution in [0.15, 0.2) is 30.3 Å². The van der Waals surface area contributed by atoms with Crippen molar-refractivity contribution in [1.82, 2.24) is 4.90 Å². The molecule has 25 heavy (non-hydrogen) atoms. The van der Waals surface area contributed by atoms with Crippen molar-refractivity contribution in [2.24, 2.45) is 5.73 Å². The van der Waals surface area contributed by atoms with Crippen molar-refractivity contribution in [3.8, 4) is 0 Å². The predicted molar refractivity (Wildman–Crippen MR) is 108 cm³/mol. The minimum absolute atomic E-state index is 0.313. The Balaban J connectivity index is 1.99. The fraction of sp³-hybridized carbons (Fsp3) is 0.682. The van der Waals surface area contributed by atoms with Crippen LogP contribution in [-0.4, -0.2) is 17.5 Å². The molecular formula is C22H38N2O. The number of carbonyl (C=O) groups excluding carboxylic acids is 1. The molecule has 0 aromatic heterocycles. The van der Waals surface area contributed by atoms with Gasteiger partial charge in [0.2, 0.25) is 0 Å². The Morgan fingerprint density at radius 1 is 0.800 bits per heavy atom. The van der Waals surface area contributed by atoms with E-state index in [1.807, 2.05) is 30.3 Å². The highest BCUT2D eigenvalue weighted by molar-refractivity contribution is 5.71. The summed E-state index contributed by atoms with van der Waals surface area (Å²) in [7, 11) is 0. The second-order valence-corrected chi connectivity index (χ2v) is 7.13. The smallest absolute Gasteiger partial charge is 0.315 e. The number of rotatable bonds is 15. The topological polar surface area (TPSA) is 46.3 Å². The van der Waals surface area contributed by atoms with E-state index in [9.17, 15) is 4.79 Å². The van der Waals surface area contributed by atoms with Crippen molar-refractivity contribution in [3.05, 3.63) is 35.9 Å². The number of hydrogen-bond acceptors (Lipinski definition) is 1. The average molecular weight is 347 g/mol. The van der Waals surface area contributed by atoms with Gasteiger partial charge < -0.3 is 10.6 Å². The Kier molecular flexibility index (Phi) is 12.7. The third-order valence-electron chi connectivity index (χ3n) is 4.81. The lowest BCUT2D eigenvalue weighted by atomic mass is 10.1. The average Bonchev–Trinajstić information content (AvgIpc) is 2.62. The van der Waals surface area contributed by atoms with Gasteiger partial charge in [-0.05, 0) is 12.0 Å². The fourth-order valence-corrected chi connectivity index (χ4v) is 3.21. The summed E-state index contributed by atoms with van der Waals surface area (Å²) in [4.78, 5) is 13.3. The first-order valence-electron chi connectivity index (χ1n) is 10.3. The van der Waals surface area contributed by atoms with Crippen LogP contribution in [0, 0.1) is 0 Å². The molecule has 1 aromatic carbocycles. The van der Waals surface area contributed by atoms with Gasteiger partial charge >= 0.3 is 6.03 Å². The Morgan fingerprint density at radius 2 is 1.28 bits per heavy atom. The van der Waals surface area contributed by atoms with Crippen LogP contribution < -0.4 is 5.73 Å². The van der Waals surface area contributed by atoms with Gasteiger partial charge in [-0.2, -0.15) is 0 Å². The third kappa shape index (κ3) is 11.6. The number of primary amides is 1. The van der Waals surface area contributed by atoms with Crippen LogP contribution in [0.2, 0.25) is 0 Å². The minimum Gasteiger partial charge on any atom is -0.351 e. The van der Waals surface area contributed by atoms with Gasteiger partial charge in [-0.1, -0.05) is 108 Å². The molecule has 142 valence electrons. The maximum absolute atomic E-state index is 11.6. The van der Waals surface area contributed by atoms with Crippen LogP contribution >= 0.6 is 0 Å². The molecule has 0 atom stereocenters. The number of urea groups is 1.